The lowest BCUT2D eigenvalue weighted by Gasteiger charge is -2.10. The summed E-state index contributed by atoms with van der Waals surface area (Å²) in [5.41, 5.74) is 7.51. The third kappa shape index (κ3) is 4.09. The molecule has 1 aromatic carbocycles. The predicted octanol–water partition coefficient (Wildman–Crippen LogP) is 2.43. The molecule has 1 heterocycles. The molecule has 5 nitrogen and oxygen atoms in total. The molecule has 0 unspecified atom stereocenters. The number of halogens is 2. The SMILES string of the molecule is Nc1ccc(NC(=O)CCOCC(F)F)c2cccnc12. The van der Waals surface area contributed by atoms with Gasteiger partial charge in [0, 0.05) is 11.6 Å². The highest BCUT2D eigenvalue weighted by molar-refractivity contribution is 6.04. The number of rotatable bonds is 6. The van der Waals surface area contributed by atoms with Crippen LogP contribution in [0.5, 0.6) is 0 Å². The zero-order valence-corrected chi connectivity index (χ0v) is 11.2. The standard InChI is InChI=1S/C14H15F2N3O2/c15-12(16)8-21-7-5-13(20)19-11-4-3-10(17)14-9(11)2-1-6-18-14/h1-4,6,12H,5,7-8,17H2,(H,19,20). The fourth-order valence-corrected chi connectivity index (χ4v) is 1.85. The molecule has 21 heavy (non-hydrogen) atoms. The van der Waals surface area contributed by atoms with Gasteiger partial charge in [-0.3, -0.25) is 9.78 Å². The van der Waals surface area contributed by atoms with Crippen molar-refractivity contribution in [3.05, 3.63) is 30.5 Å². The highest BCUT2D eigenvalue weighted by Gasteiger charge is 2.09. The summed E-state index contributed by atoms with van der Waals surface area (Å²) in [6, 6.07) is 6.86. The van der Waals surface area contributed by atoms with E-state index in [1.54, 1.807) is 30.5 Å². The van der Waals surface area contributed by atoms with Gasteiger partial charge in [-0.25, -0.2) is 8.78 Å². The average molecular weight is 295 g/mol. The van der Waals surface area contributed by atoms with E-state index >= 15 is 0 Å². The molecule has 2 rings (SSSR count). The Morgan fingerprint density at radius 3 is 2.95 bits per heavy atom. The summed E-state index contributed by atoms with van der Waals surface area (Å²) in [6.07, 6.45) is -0.915. The van der Waals surface area contributed by atoms with Gasteiger partial charge in [0.05, 0.1) is 29.9 Å². The highest BCUT2D eigenvalue weighted by atomic mass is 19.3. The number of nitrogen functional groups attached to an aromatic ring is 1. The number of fused-ring (bicyclic) bond motifs is 1. The van der Waals surface area contributed by atoms with Crippen LogP contribution in [0.2, 0.25) is 0 Å². The summed E-state index contributed by atoms with van der Waals surface area (Å²) in [7, 11) is 0. The van der Waals surface area contributed by atoms with Crippen LogP contribution in [0.1, 0.15) is 6.42 Å². The number of alkyl halides is 2. The maximum absolute atomic E-state index is 11.9. The van der Waals surface area contributed by atoms with Crippen molar-refractivity contribution in [3.8, 4) is 0 Å². The first-order chi connectivity index (χ1) is 10.1. The van der Waals surface area contributed by atoms with Crippen LogP contribution >= 0.6 is 0 Å². The number of nitrogens with two attached hydrogens (primary N) is 1. The van der Waals surface area contributed by atoms with Crippen molar-refractivity contribution in [1.82, 2.24) is 4.98 Å². The van der Waals surface area contributed by atoms with Crippen molar-refractivity contribution < 1.29 is 18.3 Å². The second kappa shape index (κ2) is 6.94. The monoisotopic (exact) mass is 295 g/mol. The van der Waals surface area contributed by atoms with Gasteiger partial charge in [-0.2, -0.15) is 0 Å². The van der Waals surface area contributed by atoms with Gasteiger partial charge < -0.3 is 15.8 Å². The van der Waals surface area contributed by atoms with E-state index in [9.17, 15) is 13.6 Å². The minimum atomic E-state index is -2.53. The number of nitrogens with one attached hydrogen (secondary N) is 1. The maximum atomic E-state index is 11.9. The van der Waals surface area contributed by atoms with E-state index in [2.05, 4.69) is 15.0 Å². The van der Waals surface area contributed by atoms with Crippen molar-refractivity contribution in [2.45, 2.75) is 12.8 Å². The van der Waals surface area contributed by atoms with Gasteiger partial charge in [-0.15, -0.1) is 0 Å². The molecule has 0 aliphatic rings. The van der Waals surface area contributed by atoms with Crippen molar-refractivity contribution in [1.29, 1.82) is 0 Å². The Morgan fingerprint density at radius 1 is 1.38 bits per heavy atom. The third-order valence-electron chi connectivity index (χ3n) is 2.79. The molecule has 0 fully saturated rings. The van der Waals surface area contributed by atoms with Crippen molar-refractivity contribution in [2.24, 2.45) is 0 Å². The number of anilines is 2. The molecule has 0 atom stereocenters. The number of carbonyl (C=O) groups excluding carboxylic acids is 1. The first kappa shape index (κ1) is 15.1. The summed E-state index contributed by atoms with van der Waals surface area (Å²) in [5.74, 6) is -0.320. The molecule has 0 aliphatic heterocycles. The van der Waals surface area contributed by atoms with Crippen LogP contribution in [0, 0.1) is 0 Å². The third-order valence-corrected chi connectivity index (χ3v) is 2.79. The zero-order chi connectivity index (χ0) is 15.2. The lowest BCUT2D eigenvalue weighted by atomic mass is 10.1. The Labute approximate surface area is 120 Å². The second-order valence-corrected chi connectivity index (χ2v) is 4.37. The van der Waals surface area contributed by atoms with E-state index in [1.807, 2.05) is 0 Å². The number of amides is 1. The second-order valence-electron chi connectivity index (χ2n) is 4.37. The van der Waals surface area contributed by atoms with E-state index in [-0.39, 0.29) is 18.9 Å². The average Bonchev–Trinajstić information content (AvgIpc) is 2.47. The number of pyridine rings is 1. The van der Waals surface area contributed by atoms with Crippen LogP contribution in [-0.4, -0.2) is 30.5 Å². The summed E-state index contributed by atoms with van der Waals surface area (Å²) < 4.78 is 28.4. The Morgan fingerprint density at radius 2 is 2.19 bits per heavy atom. The number of hydrogen-bond donors (Lipinski definition) is 2. The lowest BCUT2D eigenvalue weighted by Crippen LogP contribution is -2.16. The Balaban J connectivity index is 2.00. The first-order valence-electron chi connectivity index (χ1n) is 6.37. The molecule has 0 aliphatic carbocycles. The van der Waals surface area contributed by atoms with E-state index in [0.29, 0.717) is 16.9 Å². The van der Waals surface area contributed by atoms with Crippen LogP contribution < -0.4 is 11.1 Å². The minimum Gasteiger partial charge on any atom is -0.397 e. The molecule has 112 valence electrons. The van der Waals surface area contributed by atoms with Crippen molar-refractivity contribution >= 4 is 28.2 Å². The van der Waals surface area contributed by atoms with Crippen LogP contribution in [0.3, 0.4) is 0 Å². The van der Waals surface area contributed by atoms with E-state index in [1.165, 1.54) is 0 Å². The molecule has 0 radical (unpaired) electrons. The fraction of sp³-hybridized carbons (Fsp3) is 0.286. The van der Waals surface area contributed by atoms with Gasteiger partial charge in [0.2, 0.25) is 5.91 Å². The number of nitrogens with zero attached hydrogens (tertiary/aromatic N) is 1. The zero-order valence-electron chi connectivity index (χ0n) is 11.2. The molecule has 2 aromatic rings. The van der Waals surface area contributed by atoms with E-state index < -0.39 is 13.0 Å². The number of carbonyl (C=O) groups is 1. The van der Waals surface area contributed by atoms with Gasteiger partial charge >= 0.3 is 0 Å². The number of ether oxygens (including phenoxy) is 1. The molecule has 1 aromatic heterocycles. The molecule has 3 N–H and O–H groups in total. The molecule has 0 saturated carbocycles. The lowest BCUT2D eigenvalue weighted by molar-refractivity contribution is -0.117. The Hall–Kier alpha value is -2.28. The van der Waals surface area contributed by atoms with Gasteiger partial charge in [0.15, 0.2) is 0 Å². The normalized spacial score (nSPS) is 11.0. The molecule has 0 spiro atoms. The van der Waals surface area contributed by atoms with E-state index in [0.717, 1.165) is 5.39 Å². The van der Waals surface area contributed by atoms with Crippen molar-refractivity contribution in [2.75, 3.05) is 24.3 Å². The summed E-state index contributed by atoms with van der Waals surface area (Å²) in [5, 5.41) is 3.42. The summed E-state index contributed by atoms with van der Waals surface area (Å²) in [4.78, 5) is 15.9. The number of hydrogen-bond acceptors (Lipinski definition) is 4. The fourth-order valence-electron chi connectivity index (χ4n) is 1.85. The summed E-state index contributed by atoms with van der Waals surface area (Å²) >= 11 is 0. The molecule has 7 heteroatoms. The molecular weight excluding hydrogens is 280 g/mol. The van der Waals surface area contributed by atoms with Crippen molar-refractivity contribution in [3.63, 3.8) is 0 Å². The van der Waals surface area contributed by atoms with Crippen LogP contribution in [0.15, 0.2) is 30.5 Å². The Bertz CT molecular complexity index is 635. The molecule has 1 amide bonds. The topological polar surface area (TPSA) is 77.2 Å². The quantitative estimate of drug-likeness (QED) is 0.634. The molecular formula is C14H15F2N3O2. The highest BCUT2D eigenvalue weighted by Crippen LogP contribution is 2.26. The largest absolute Gasteiger partial charge is 0.397 e. The van der Waals surface area contributed by atoms with Gasteiger partial charge in [0.1, 0.15) is 6.61 Å². The number of aromatic nitrogens is 1. The smallest absolute Gasteiger partial charge is 0.261 e. The van der Waals surface area contributed by atoms with Crippen LogP contribution in [-0.2, 0) is 9.53 Å². The molecule has 0 bridgehead atoms. The Kier molecular flexibility index (Phi) is 4.99. The predicted molar refractivity (Wildman–Crippen MR) is 76.2 cm³/mol. The first-order valence-corrected chi connectivity index (χ1v) is 6.37. The minimum absolute atomic E-state index is 0.00114. The number of benzene rings is 1. The van der Waals surface area contributed by atoms with Crippen LogP contribution in [0.4, 0.5) is 20.2 Å². The maximum Gasteiger partial charge on any atom is 0.261 e. The van der Waals surface area contributed by atoms with Gasteiger partial charge in [-0.1, -0.05) is 0 Å². The van der Waals surface area contributed by atoms with E-state index in [4.69, 9.17) is 5.73 Å². The molecule has 0 saturated heterocycles. The van der Waals surface area contributed by atoms with Crippen LogP contribution in [0.25, 0.3) is 10.9 Å². The van der Waals surface area contributed by atoms with Gasteiger partial charge in [-0.05, 0) is 24.3 Å². The summed E-state index contributed by atoms with van der Waals surface area (Å²) in [6.45, 7) is -0.719. The van der Waals surface area contributed by atoms with Gasteiger partial charge in [0.25, 0.3) is 6.43 Å².